The standard InChI is InChI=1S/C21H24F2N2O4S/c1-13-5-7-15-18(11-21(2,3)29-19(15)9-13)24-20(26)12-25(30(4,27)28)14-6-8-16(22)17(23)10-14/h5-10,18H,11-12H2,1-4H3,(H,24,26)/t18-/m1/s1. The zero-order valence-electron chi connectivity index (χ0n) is 17.2. The molecule has 0 fully saturated rings. The molecule has 9 heteroatoms. The van der Waals surface area contributed by atoms with E-state index in [1.165, 1.54) is 0 Å². The first-order chi connectivity index (χ1) is 13.9. The lowest BCUT2D eigenvalue weighted by molar-refractivity contribution is -0.120. The Morgan fingerprint density at radius 2 is 1.90 bits per heavy atom. The second-order valence-electron chi connectivity index (χ2n) is 8.10. The third-order valence-electron chi connectivity index (χ3n) is 4.84. The Kier molecular flexibility index (Phi) is 5.77. The molecule has 1 atom stereocenters. The Bertz CT molecular complexity index is 1090. The van der Waals surface area contributed by atoms with E-state index in [1.54, 1.807) is 0 Å². The highest BCUT2D eigenvalue weighted by atomic mass is 32.2. The molecule has 0 aliphatic carbocycles. The van der Waals surface area contributed by atoms with Crippen LogP contribution in [-0.4, -0.2) is 32.7 Å². The zero-order valence-corrected chi connectivity index (χ0v) is 18.0. The number of anilines is 1. The van der Waals surface area contributed by atoms with Gasteiger partial charge in [-0.3, -0.25) is 9.10 Å². The van der Waals surface area contributed by atoms with Crippen molar-refractivity contribution in [2.45, 2.75) is 38.8 Å². The molecule has 0 unspecified atom stereocenters. The van der Waals surface area contributed by atoms with Crippen molar-refractivity contribution in [2.75, 3.05) is 17.1 Å². The molecule has 30 heavy (non-hydrogen) atoms. The molecule has 6 nitrogen and oxygen atoms in total. The van der Waals surface area contributed by atoms with Gasteiger partial charge >= 0.3 is 0 Å². The van der Waals surface area contributed by atoms with Crippen LogP contribution in [0.15, 0.2) is 36.4 Å². The van der Waals surface area contributed by atoms with Crippen LogP contribution in [0, 0.1) is 18.6 Å². The molecule has 3 rings (SSSR count). The van der Waals surface area contributed by atoms with Crippen LogP contribution in [0.4, 0.5) is 14.5 Å². The number of hydrogen-bond donors (Lipinski definition) is 1. The van der Waals surface area contributed by atoms with Gasteiger partial charge in [0.1, 0.15) is 17.9 Å². The number of carbonyl (C=O) groups is 1. The van der Waals surface area contributed by atoms with Crippen LogP contribution < -0.4 is 14.4 Å². The van der Waals surface area contributed by atoms with Crippen LogP contribution in [0.2, 0.25) is 0 Å². The van der Waals surface area contributed by atoms with Crippen LogP contribution >= 0.6 is 0 Å². The Balaban J connectivity index is 1.85. The summed E-state index contributed by atoms with van der Waals surface area (Å²) >= 11 is 0. The molecule has 2 aromatic rings. The van der Waals surface area contributed by atoms with Gasteiger partial charge in [0.15, 0.2) is 11.6 Å². The van der Waals surface area contributed by atoms with Crippen molar-refractivity contribution in [1.29, 1.82) is 0 Å². The minimum absolute atomic E-state index is 0.130. The van der Waals surface area contributed by atoms with Gasteiger partial charge in [0.2, 0.25) is 15.9 Å². The second kappa shape index (κ2) is 7.86. The molecule has 0 bridgehead atoms. The quantitative estimate of drug-likeness (QED) is 0.776. The SMILES string of the molecule is Cc1ccc2c(c1)OC(C)(C)C[C@H]2NC(=O)CN(c1ccc(F)c(F)c1)S(C)(=O)=O. The van der Waals surface area contributed by atoms with Gasteiger partial charge in [-0.1, -0.05) is 12.1 Å². The number of hydrogen-bond acceptors (Lipinski definition) is 4. The third-order valence-corrected chi connectivity index (χ3v) is 5.98. The molecule has 0 radical (unpaired) electrons. The van der Waals surface area contributed by atoms with Gasteiger partial charge in [0.25, 0.3) is 0 Å². The van der Waals surface area contributed by atoms with E-state index in [2.05, 4.69) is 5.32 Å². The van der Waals surface area contributed by atoms with E-state index in [0.29, 0.717) is 12.2 Å². The topological polar surface area (TPSA) is 75.7 Å². The maximum absolute atomic E-state index is 13.6. The highest BCUT2D eigenvalue weighted by molar-refractivity contribution is 7.92. The van der Waals surface area contributed by atoms with Crippen LogP contribution in [0.3, 0.4) is 0 Å². The first-order valence-corrected chi connectivity index (χ1v) is 11.2. The first-order valence-electron chi connectivity index (χ1n) is 9.37. The van der Waals surface area contributed by atoms with Crippen molar-refractivity contribution in [3.8, 4) is 5.75 Å². The number of ether oxygens (including phenoxy) is 1. The average Bonchev–Trinajstić information content (AvgIpc) is 2.60. The molecule has 0 aromatic heterocycles. The lowest BCUT2D eigenvalue weighted by atomic mass is 9.89. The summed E-state index contributed by atoms with van der Waals surface area (Å²) < 4.78 is 58.0. The Labute approximate surface area is 174 Å². The van der Waals surface area contributed by atoms with Crippen molar-refractivity contribution in [1.82, 2.24) is 5.32 Å². The van der Waals surface area contributed by atoms with E-state index < -0.39 is 39.7 Å². The summed E-state index contributed by atoms with van der Waals surface area (Å²) in [6.45, 7) is 5.18. The van der Waals surface area contributed by atoms with E-state index >= 15 is 0 Å². The van der Waals surface area contributed by atoms with E-state index in [0.717, 1.165) is 39.9 Å². The lowest BCUT2D eigenvalue weighted by Gasteiger charge is -2.38. The molecule has 0 saturated heterocycles. The van der Waals surface area contributed by atoms with E-state index in [9.17, 15) is 22.0 Å². The number of fused-ring (bicyclic) bond motifs is 1. The molecule has 0 saturated carbocycles. The molecule has 0 spiro atoms. The number of carbonyl (C=O) groups excluding carboxylic acids is 1. The Morgan fingerprint density at radius 3 is 2.53 bits per heavy atom. The summed E-state index contributed by atoms with van der Waals surface area (Å²) in [4.78, 5) is 12.8. The van der Waals surface area contributed by atoms with Crippen LogP contribution in [-0.2, 0) is 14.8 Å². The number of nitrogens with one attached hydrogen (secondary N) is 1. The summed E-state index contributed by atoms with van der Waals surface area (Å²) in [6.07, 6.45) is 1.38. The number of sulfonamides is 1. The summed E-state index contributed by atoms with van der Waals surface area (Å²) in [6, 6.07) is 7.96. The lowest BCUT2D eigenvalue weighted by Crippen LogP contribution is -2.45. The summed E-state index contributed by atoms with van der Waals surface area (Å²) in [5, 5.41) is 2.86. The second-order valence-corrected chi connectivity index (χ2v) is 10.0. The van der Waals surface area contributed by atoms with Gasteiger partial charge in [-0.05, 0) is 44.5 Å². The van der Waals surface area contributed by atoms with Crippen molar-refractivity contribution in [3.63, 3.8) is 0 Å². The highest BCUT2D eigenvalue weighted by Gasteiger charge is 2.35. The maximum atomic E-state index is 13.6. The van der Waals surface area contributed by atoms with Crippen LogP contribution in [0.5, 0.6) is 5.75 Å². The summed E-state index contributed by atoms with van der Waals surface area (Å²) in [5.41, 5.74) is 1.15. The van der Waals surface area contributed by atoms with E-state index in [4.69, 9.17) is 4.74 Å². The predicted octanol–water partition coefficient (Wildman–Crippen LogP) is 3.46. The molecule has 1 heterocycles. The molecular formula is C21H24F2N2O4S. The molecular weight excluding hydrogens is 414 g/mol. The molecule has 1 aliphatic heterocycles. The molecule has 1 N–H and O–H groups in total. The number of nitrogens with zero attached hydrogens (tertiary/aromatic N) is 1. The predicted molar refractivity (Wildman–Crippen MR) is 110 cm³/mol. The van der Waals surface area contributed by atoms with Gasteiger partial charge in [-0.25, -0.2) is 17.2 Å². The fourth-order valence-electron chi connectivity index (χ4n) is 3.50. The smallest absolute Gasteiger partial charge is 0.241 e. The average molecular weight is 438 g/mol. The van der Waals surface area contributed by atoms with Gasteiger partial charge < -0.3 is 10.1 Å². The van der Waals surface area contributed by atoms with Crippen LogP contribution in [0.25, 0.3) is 0 Å². The van der Waals surface area contributed by atoms with Crippen molar-refractivity contribution >= 4 is 21.6 Å². The number of halogens is 2. The van der Waals surface area contributed by atoms with E-state index in [1.807, 2.05) is 39.0 Å². The number of amides is 1. The maximum Gasteiger partial charge on any atom is 0.241 e. The van der Waals surface area contributed by atoms with Gasteiger partial charge in [-0.15, -0.1) is 0 Å². The normalized spacial score (nSPS) is 17.6. The fourth-order valence-corrected chi connectivity index (χ4v) is 4.35. The number of aryl methyl sites for hydroxylation is 1. The zero-order chi connectivity index (χ0) is 22.3. The largest absolute Gasteiger partial charge is 0.487 e. The molecule has 1 aliphatic rings. The Morgan fingerprint density at radius 1 is 1.20 bits per heavy atom. The summed E-state index contributed by atoms with van der Waals surface area (Å²) in [5.74, 6) is -2.21. The minimum Gasteiger partial charge on any atom is -0.487 e. The van der Waals surface area contributed by atoms with Crippen molar-refractivity contribution < 1.29 is 26.7 Å². The van der Waals surface area contributed by atoms with Gasteiger partial charge in [-0.2, -0.15) is 0 Å². The number of benzene rings is 2. The minimum atomic E-state index is -3.91. The summed E-state index contributed by atoms with van der Waals surface area (Å²) in [7, 11) is -3.91. The van der Waals surface area contributed by atoms with E-state index in [-0.39, 0.29) is 11.7 Å². The van der Waals surface area contributed by atoms with Crippen LogP contribution in [0.1, 0.15) is 37.4 Å². The van der Waals surface area contributed by atoms with Crippen molar-refractivity contribution in [2.24, 2.45) is 0 Å². The first kappa shape index (κ1) is 22.0. The molecule has 1 amide bonds. The van der Waals surface area contributed by atoms with Gasteiger partial charge in [0.05, 0.1) is 18.0 Å². The van der Waals surface area contributed by atoms with Gasteiger partial charge in [0, 0.05) is 18.1 Å². The number of rotatable bonds is 5. The monoisotopic (exact) mass is 438 g/mol. The molecule has 162 valence electrons. The molecule has 2 aromatic carbocycles. The highest BCUT2D eigenvalue weighted by Crippen LogP contribution is 2.39. The fraction of sp³-hybridized carbons (Fsp3) is 0.381. The third kappa shape index (κ3) is 4.89. The van der Waals surface area contributed by atoms with Crippen molar-refractivity contribution in [3.05, 3.63) is 59.2 Å². The Hall–Kier alpha value is -2.68.